The first-order valence-corrected chi connectivity index (χ1v) is 6.76. The van der Waals surface area contributed by atoms with Gasteiger partial charge in [-0.1, -0.05) is 6.07 Å². The van der Waals surface area contributed by atoms with Gasteiger partial charge < -0.3 is 5.32 Å². The van der Waals surface area contributed by atoms with E-state index in [1.807, 2.05) is 6.07 Å². The van der Waals surface area contributed by atoms with Crippen LogP contribution in [-0.2, 0) is 12.8 Å². The van der Waals surface area contributed by atoms with Crippen molar-refractivity contribution in [2.24, 2.45) is 5.41 Å². The molecule has 0 radical (unpaired) electrons. The maximum absolute atomic E-state index is 13.3. The maximum atomic E-state index is 13.3. The standard InChI is InChI=1S/C15H18FN/c16-12-2-1-10-6-15(7-11(10)5-12)8-13-3-4-14(9-15)17-13/h1-2,5,13-14,17H,3-4,6-9H2/t13-,14+,15?. The van der Waals surface area contributed by atoms with Crippen LogP contribution in [0.1, 0.15) is 36.8 Å². The van der Waals surface area contributed by atoms with Crippen molar-refractivity contribution in [3.05, 3.63) is 35.1 Å². The maximum Gasteiger partial charge on any atom is 0.123 e. The van der Waals surface area contributed by atoms with Gasteiger partial charge in [-0.2, -0.15) is 0 Å². The molecule has 2 aliphatic heterocycles. The van der Waals surface area contributed by atoms with E-state index in [0.29, 0.717) is 5.41 Å². The lowest BCUT2D eigenvalue weighted by molar-refractivity contribution is 0.170. The third kappa shape index (κ3) is 1.54. The Morgan fingerprint density at radius 1 is 1.06 bits per heavy atom. The summed E-state index contributed by atoms with van der Waals surface area (Å²) in [5, 5.41) is 3.71. The summed E-state index contributed by atoms with van der Waals surface area (Å²) in [4.78, 5) is 0. The van der Waals surface area contributed by atoms with Gasteiger partial charge in [-0.25, -0.2) is 4.39 Å². The van der Waals surface area contributed by atoms with Gasteiger partial charge in [0, 0.05) is 12.1 Å². The molecule has 3 aliphatic rings. The molecule has 4 rings (SSSR count). The van der Waals surface area contributed by atoms with E-state index in [-0.39, 0.29) is 5.82 Å². The molecule has 1 unspecified atom stereocenters. The van der Waals surface area contributed by atoms with Crippen molar-refractivity contribution in [3.63, 3.8) is 0 Å². The van der Waals surface area contributed by atoms with Crippen molar-refractivity contribution >= 4 is 0 Å². The average Bonchev–Trinajstić information content (AvgIpc) is 2.79. The van der Waals surface area contributed by atoms with E-state index >= 15 is 0 Å². The second kappa shape index (κ2) is 3.32. The zero-order valence-electron chi connectivity index (χ0n) is 10.0. The molecule has 0 aromatic heterocycles. The highest BCUT2D eigenvalue weighted by Crippen LogP contribution is 2.49. The van der Waals surface area contributed by atoms with Crippen molar-refractivity contribution < 1.29 is 4.39 Å². The van der Waals surface area contributed by atoms with Gasteiger partial charge in [0.1, 0.15) is 5.82 Å². The molecular weight excluding hydrogens is 213 g/mol. The monoisotopic (exact) mass is 231 g/mol. The Kier molecular flexibility index (Phi) is 1.97. The fourth-order valence-corrected chi connectivity index (χ4v) is 4.44. The zero-order chi connectivity index (χ0) is 11.5. The van der Waals surface area contributed by atoms with Crippen LogP contribution in [0.3, 0.4) is 0 Å². The highest BCUT2D eigenvalue weighted by molar-refractivity contribution is 5.35. The van der Waals surface area contributed by atoms with Crippen LogP contribution in [0.4, 0.5) is 4.39 Å². The predicted octanol–water partition coefficient (Wildman–Crippen LogP) is 2.83. The molecule has 0 saturated carbocycles. The molecule has 3 atom stereocenters. The molecule has 1 aromatic rings. The average molecular weight is 231 g/mol. The third-order valence-electron chi connectivity index (χ3n) is 4.99. The molecule has 2 heterocycles. The summed E-state index contributed by atoms with van der Waals surface area (Å²) in [6, 6.07) is 6.84. The molecule has 1 aromatic carbocycles. The smallest absolute Gasteiger partial charge is 0.123 e. The molecule has 1 aliphatic carbocycles. The van der Waals surface area contributed by atoms with Crippen LogP contribution in [0, 0.1) is 11.2 Å². The number of nitrogens with one attached hydrogen (secondary N) is 1. The fourth-order valence-electron chi connectivity index (χ4n) is 4.44. The van der Waals surface area contributed by atoms with Gasteiger partial charge >= 0.3 is 0 Å². The lowest BCUT2D eigenvalue weighted by atomic mass is 9.73. The Bertz CT molecular complexity index is 456. The molecule has 2 saturated heterocycles. The number of fused-ring (bicyclic) bond motifs is 3. The van der Waals surface area contributed by atoms with Crippen molar-refractivity contribution in [2.45, 2.75) is 50.6 Å². The zero-order valence-corrected chi connectivity index (χ0v) is 10.0. The van der Waals surface area contributed by atoms with Gasteiger partial charge in [0.05, 0.1) is 0 Å². The molecule has 0 amide bonds. The van der Waals surface area contributed by atoms with Crippen LogP contribution >= 0.6 is 0 Å². The van der Waals surface area contributed by atoms with Crippen molar-refractivity contribution in [1.82, 2.24) is 5.32 Å². The number of benzene rings is 1. The first-order chi connectivity index (χ1) is 8.22. The first-order valence-electron chi connectivity index (χ1n) is 6.76. The molecule has 1 spiro atoms. The SMILES string of the molecule is Fc1ccc2c(c1)CC1(C2)C[C@H]2CC[C@@H](C1)N2. The largest absolute Gasteiger partial charge is 0.311 e. The topological polar surface area (TPSA) is 12.0 Å². The van der Waals surface area contributed by atoms with Crippen LogP contribution in [0.25, 0.3) is 0 Å². The van der Waals surface area contributed by atoms with Gasteiger partial charge in [-0.05, 0) is 67.2 Å². The second-order valence-corrected chi connectivity index (χ2v) is 6.31. The normalized spacial score (nSPS) is 38.6. The van der Waals surface area contributed by atoms with Gasteiger partial charge in [-0.3, -0.25) is 0 Å². The summed E-state index contributed by atoms with van der Waals surface area (Å²) in [5.74, 6) is -0.0716. The summed E-state index contributed by atoms with van der Waals surface area (Å²) in [5.41, 5.74) is 3.12. The van der Waals surface area contributed by atoms with E-state index in [4.69, 9.17) is 0 Å². The molecular formula is C15H18FN. The first kappa shape index (κ1) is 10.1. The Balaban J connectivity index is 1.67. The quantitative estimate of drug-likeness (QED) is 0.724. The highest BCUT2D eigenvalue weighted by Gasteiger charge is 2.46. The van der Waals surface area contributed by atoms with Gasteiger partial charge in [0.2, 0.25) is 0 Å². The van der Waals surface area contributed by atoms with E-state index in [1.54, 1.807) is 12.1 Å². The Morgan fingerprint density at radius 3 is 2.53 bits per heavy atom. The van der Waals surface area contributed by atoms with Gasteiger partial charge in [0.15, 0.2) is 0 Å². The highest BCUT2D eigenvalue weighted by atomic mass is 19.1. The summed E-state index contributed by atoms with van der Waals surface area (Å²) < 4.78 is 13.3. The number of halogens is 1. The Labute approximate surface area is 101 Å². The van der Waals surface area contributed by atoms with E-state index in [1.165, 1.54) is 43.2 Å². The minimum atomic E-state index is -0.0716. The predicted molar refractivity (Wildman–Crippen MR) is 65.4 cm³/mol. The summed E-state index contributed by atoms with van der Waals surface area (Å²) in [7, 11) is 0. The molecule has 90 valence electrons. The van der Waals surface area contributed by atoms with Crippen molar-refractivity contribution in [1.29, 1.82) is 0 Å². The van der Waals surface area contributed by atoms with Gasteiger partial charge in [0.25, 0.3) is 0 Å². The molecule has 17 heavy (non-hydrogen) atoms. The molecule has 2 bridgehead atoms. The molecule has 2 fully saturated rings. The van der Waals surface area contributed by atoms with Gasteiger partial charge in [-0.15, -0.1) is 0 Å². The van der Waals surface area contributed by atoms with E-state index in [9.17, 15) is 4.39 Å². The number of hydrogen-bond donors (Lipinski definition) is 1. The minimum Gasteiger partial charge on any atom is -0.311 e. The minimum absolute atomic E-state index is 0.0716. The third-order valence-corrected chi connectivity index (χ3v) is 4.99. The Hall–Kier alpha value is -0.890. The number of hydrogen-bond acceptors (Lipinski definition) is 1. The van der Waals surface area contributed by atoms with Crippen LogP contribution in [0.15, 0.2) is 18.2 Å². The lowest BCUT2D eigenvalue weighted by Gasteiger charge is -2.38. The van der Waals surface area contributed by atoms with E-state index < -0.39 is 0 Å². The summed E-state index contributed by atoms with van der Waals surface area (Å²) in [6.45, 7) is 0. The van der Waals surface area contributed by atoms with Crippen molar-refractivity contribution in [2.75, 3.05) is 0 Å². The van der Waals surface area contributed by atoms with Crippen LogP contribution < -0.4 is 5.32 Å². The molecule has 1 N–H and O–H groups in total. The van der Waals surface area contributed by atoms with Crippen LogP contribution in [-0.4, -0.2) is 12.1 Å². The van der Waals surface area contributed by atoms with E-state index in [2.05, 4.69) is 5.32 Å². The molecule has 1 nitrogen and oxygen atoms in total. The number of piperidine rings is 1. The second-order valence-electron chi connectivity index (χ2n) is 6.31. The summed E-state index contributed by atoms with van der Waals surface area (Å²) in [6.07, 6.45) is 7.56. The summed E-state index contributed by atoms with van der Waals surface area (Å²) >= 11 is 0. The fraction of sp³-hybridized carbons (Fsp3) is 0.600. The van der Waals surface area contributed by atoms with E-state index in [0.717, 1.165) is 18.5 Å². The van der Waals surface area contributed by atoms with Crippen LogP contribution in [0.2, 0.25) is 0 Å². The van der Waals surface area contributed by atoms with Crippen LogP contribution in [0.5, 0.6) is 0 Å². The lowest BCUT2D eigenvalue weighted by Crippen LogP contribution is -2.44. The number of rotatable bonds is 0. The Morgan fingerprint density at radius 2 is 1.76 bits per heavy atom. The van der Waals surface area contributed by atoms with Crippen molar-refractivity contribution in [3.8, 4) is 0 Å². The molecule has 2 heteroatoms.